The van der Waals surface area contributed by atoms with Gasteiger partial charge in [0.1, 0.15) is 10.8 Å². The molecule has 0 spiro atoms. The van der Waals surface area contributed by atoms with Crippen LogP contribution in [0.25, 0.3) is 10.6 Å². The summed E-state index contributed by atoms with van der Waals surface area (Å²) in [6.07, 6.45) is 0. The molecule has 1 heterocycles. The zero-order valence-electron chi connectivity index (χ0n) is 16.5. The molecule has 3 rings (SSSR count). The maximum atomic E-state index is 12.6. The number of methoxy groups -OCH3 is 1. The van der Waals surface area contributed by atoms with Crippen molar-refractivity contribution in [3.05, 3.63) is 65.7 Å². The van der Waals surface area contributed by atoms with Gasteiger partial charge in [0.2, 0.25) is 0 Å². The number of carbonyl (C=O) groups excluding carboxylic acids is 2. The van der Waals surface area contributed by atoms with Crippen LogP contribution in [0, 0.1) is 0 Å². The van der Waals surface area contributed by atoms with Crippen LogP contribution in [0.15, 0.2) is 60.0 Å². The van der Waals surface area contributed by atoms with E-state index in [1.54, 1.807) is 17.4 Å². The van der Waals surface area contributed by atoms with Gasteiger partial charge in [-0.1, -0.05) is 18.2 Å². The Morgan fingerprint density at radius 1 is 1.07 bits per heavy atom. The van der Waals surface area contributed by atoms with Crippen LogP contribution in [-0.2, 0) is 9.53 Å². The first-order valence-electron chi connectivity index (χ1n) is 9.13. The van der Waals surface area contributed by atoms with Gasteiger partial charge in [-0.25, -0.2) is 9.78 Å². The van der Waals surface area contributed by atoms with Gasteiger partial charge in [-0.3, -0.25) is 4.79 Å². The molecular formula is C22H22N2O4S. The molecule has 0 atom stereocenters. The lowest BCUT2D eigenvalue weighted by molar-refractivity contribution is -0.122. The highest BCUT2D eigenvalue weighted by Gasteiger charge is 2.21. The Bertz CT molecular complexity index is 968. The van der Waals surface area contributed by atoms with Crippen LogP contribution >= 0.6 is 11.3 Å². The van der Waals surface area contributed by atoms with Crippen molar-refractivity contribution in [3.63, 3.8) is 0 Å². The first-order valence-corrected chi connectivity index (χ1v) is 10.0. The Balaban J connectivity index is 1.64. The van der Waals surface area contributed by atoms with Crippen LogP contribution in [-0.4, -0.2) is 36.6 Å². The number of hydrogen-bond acceptors (Lipinski definition) is 6. The van der Waals surface area contributed by atoms with Crippen LogP contribution in [0.5, 0.6) is 5.75 Å². The molecule has 0 bridgehead atoms. The molecule has 0 fully saturated rings. The summed E-state index contributed by atoms with van der Waals surface area (Å²) in [5.41, 5.74) is 1.82. The number of ether oxygens (including phenoxy) is 2. The summed E-state index contributed by atoms with van der Waals surface area (Å²) >= 11 is 1.34. The molecule has 0 saturated carbocycles. The Hall–Kier alpha value is -3.19. The largest absolute Gasteiger partial charge is 0.497 e. The van der Waals surface area contributed by atoms with E-state index in [0.717, 1.165) is 17.0 Å². The summed E-state index contributed by atoms with van der Waals surface area (Å²) in [6, 6.07) is 16.6. The number of aromatic nitrogens is 1. The van der Waals surface area contributed by atoms with E-state index in [9.17, 15) is 9.59 Å². The van der Waals surface area contributed by atoms with E-state index in [0.29, 0.717) is 5.01 Å². The zero-order valence-corrected chi connectivity index (χ0v) is 17.3. The summed E-state index contributed by atoms with van der Waals surface area (Å²) in [5, 5.41) is 2.32. The van der Waals surface area contributed by atoms with Crippen molar-refractivity contribution < 1.29 is 19.1 Å². The van der Waals surface area contributed by atoms with Crippen molar-refractivity contribution in [2.45, 2.75) is 19.9 Å². The van der Waals surface area contributed by atoms with E-state index in [1.165, 1.54) is 11.3 Å². The quantitative estimate of drug-likeness (QED) is 0.540. The fraction of sp³-hybridized carbons (Fsp3) is 0.227. The number of amides is 1. The van der Waals surface area contributed by atoms with Gasteiger partial charge in [-0.15, -0.1) is 11.3 Å². The van der Waals surface area contributed by atoms with E-state index in [1.807, 2.05) is 68.4 Å². The minimum atomic E-state index is -0.619. The lowest BCUT2D eigenvalue weighted by atomic mass is 10.2. The lowest BCUT2D eigenvalue weighted by Gasteiger charge is -2.26. The molecule has 1 aromatic heterocycles. The molecule has 0 unspecified atom stereocenters. The predicted octanol–water partition coefficient (Wildman–Crippen LogP) is 4.42. The molecule has 3 aromatic rings. The number of anilines is 1. The van der Waals surface area contributed by atoms with Crippen molar-refractivity contribution in [3.8, 4) is 16.3 Å². The van der Waals surface area contributed by atoms with Crippen molar-refractivity contribution in [2.24, 2.45) is 0 Å². The molecule has 0 aliphatic rings. The lowest BCUT2D eigenvalue weighted by Crippen LogP contribution is -2.39. The van der Waals surface area contributed by atoms with Crippen molar-refractivity contribution in [2.75, 3.05) is 18.6 Å². The van der Waals surface area contributed by atoms with Gasteiger partial charge in [-0.05, 0) is 50.2 Å². The number of thiazole rings is 1. The van der Waals surface area contributed by atoms with Crippen LogP contribution in [0.3, 0.4) is 0 Å². The minimum absolute atomic E-state index is 0.0652. The second-order valence-corrected chi connectivity index (χ2v) is 7.39. The van der Waals surface area contributed by atoms with Gasteiger partial charge in [-0.2, -0.15) is 0 Å². The SMILES string of the molecule is COc1ccc(-c2nc(C(=O)OCC(=O)N(c3ccccc3)C(C)C)cs2)cc1. The van der Waals surface area contributed by atoms with E-state index < -0.39 is 5.97 Å². The number of carbonyl (C=O) groups is 2. The van der Waals surface area contributed by atoms with Gasteiger partial charge < -0.3 is 14.4 Å². The van der Waals surface area contributed by atoms with Crippen LogP contribution in [0.4, 0.5) is 5.69 Å². The zero-order chi connectivity index (χ0) is 20.8. The molecule has 0 aliphatic heterocycles. The van der Waals surface area contributed by atoms with Gasteiger partial charge >= 0.3 is 5.97 Å². The molecule has 0 aliphatic carbocycles. The van der Waals surface area contributed by atoms with E-state index in [4.69, 9.17) is 9.47 Å². The average molecular weight is 410 g/mol. The summed E-state index contributed by atoms with van der Waals surface area (Å²) in [6.45, 7) is 3.48. The standard InChI is InChI=1S/C22H22N2O4S/c1-15(2)24(17-7-5-4-6-8-17)20(25)13-28-22(26)19-14-29-21(23-19)16-9-11-18(27-3)12-10-16/h4-12,14-15H,13H2,1-3H3. The Morgan fingerprint density at radius 2 is 1.76 bits per heavy atom. The minimum Gasteiger partial charge on any atom is -0.497 e. The maximum absolute atomic E-state index is 12.6. The van der Waals surface area contributed by atoms with E-state index >= 15 is 0 Å². The predicted molar refractivity (Wildman–Crippen MR) is 113 cm³/mol. The Labute approximate surface area is 173 Å². The fourth-order valence-electron chi connectivity index (χ4n) is 2.82. The molecule has 29 heavy (non-hydrogen) atoms. The topological polar surface area (TPSA) is 68.7 Å². The molecule has 1 amide bonds. The molecule has 7 heteroatoms. The van der Waals surface area contributed by atoms with Crippen molar-refractivity contribution in [1.82, 2.24) is 4.98 Å². The second kappa shape index (κ2) is 9.34. The Morgan fingerprint density at radius 3 is 2.38 bits per heavy atom. The van der Waals surface area contributed by atoms with Crippen molar-refractivity contribution in [1.29, 1.82) is 0 Å². The molecular weight excluding hydrogens is 388 g/mol. The summed E-state index contributed by atoms with van der Waals surface area (Å²) in [5.74, 6) is -0.159. The van der Waals surface area contributed by atoms with E-state index in [-0.39, 0.29) is 24.2 Å². The molecule has 6 nitrogen and oxygen atoms in total. The third kappa shape index (κ3) is 5.00. The molecule has 0 saturated heterocycles. The molecule has 2 aromatic carbocycles. The van der Waals surface area contributed by atoms with Gasteiger partial charge in [0.05, 0.1) is 7.11 Å². The number of rotatable bonds is 7. The monoisotopic (exact) mass is 410 g/mol. The first kappa shape index (κ1) is 20.5. The normalized spacial score (nSPS) is 10.6. The fourth-order valence-corrected chi connectivity index (χ4v) is 3.62. The third-order valence-electron chi connectivity index (χ3n) is 4.20. The summed E-state index contributed by atoms with van der Waals surface area (Å²) in [4.78, 5) is 30.9. The summed E-state index contributed by atoms with van der Waals surface area (Å²) in [7, 11) is 1.60. The van der Waals surface area contributed by atoms with Crippen molar-refractivity contribution >= 4 is 28.9 Å². The number of hydrogen-bond donors (Lipinski definition) is 0. The third-order valence-corrected chi connectivity index (χ3v) is 5.09. The van der Waals surface area contributed by atoms with Crippen LogP contribution in [0.1, 0.15) is 24.3 Å². The second-order valence-electron chi connectivity index (χ2n) is 6.54. The average Bonchev–Trinajstić information content (AvgIpc) is 3.23. The van der Waals surface area contributed by atoms with Gasteiger partial charge in [0.15, 0.2) is 12.3 Å². The van der Waals surface area contributed by atoms with E-state index in [2.05, 4.69) is 4.98 Å². The number of para-hydroxylation sites is 1. The summed E-state index contributed by atoms with van der Waals surface area (Å²) < 4.78 is 10.4. The number of benzene rings is 2. The molecule has 150 valence electrons. The number of nitrogens with zero attached hydrogens (tertiary/aromatic N) is 2. The molecule has 0 N–H and O–H groups in total. The first-order chi connectivity index (χ1) is 14.0. The van der Waals surface area contributed by atoms with Crippen LogP contribution < -0.4 is 9.64 Å². The number of esters is 1. The highest BCUT2D eigenvalue weighted by molar-refractivity contribution is 7.13. The van der Waals surface area contributed by atoms with Gasteiger partial charge in [0.25, 0.3) is 5.91 Å². The smallest absolute Gasteiger partial charge is 0.358 e. The van der Waals surface area contributed by atoms with Gasteiger partial charge in [0, 0.05) is 22.7 Å². The van der Waals surface area contributed by atoms with Crippen LogP contribution in [0.2, 0.25) is 0 Å². The highest BCUT2D eigenvalue weighted by atomic mass is 32.1. The Kier molecular flexibility index (Phi) is 6.61. The molecule has 0 radical (unpaired) electrons. The highest BCUT2D eigenvalue weighted by Crippen LogP contribution is 2.26. The maximum Gasteiger partial charge on any atom is 0.358 e.